The predicted molar refractivity (Wildman–Crippen MR) is 104 cm³/mol. The smallest absolute Gasteiger partial charge is 0.349 e. The van der Waals surface area contributed by atoms with E-state index in [1.807, 2.05) is 26.0 Å². The Kier molecular flexibility index (Phi) is 6.65. The molecule has 1 heterocycles. The lowest BCUT2D eigenvalue weighted by Crippen LogP contribution is -2.08. The van der Waals surface area contributed by atoms with E-state index in [-0.39, 0.29) is 12.2 Å². The minimum atomic E-state index is -0.629. The number of rotatable bonds is 6. The number of hydrogen-bond acceptors (Lipinski definition) is 3. The summed E-state index contributed by atoms with van der Waals surface area (Å²) >= 11 is 5.84. The topological polar surface area (TPSA) is 55.0 Å². The summed E-state index contributed by atoms with van der Waals surface area (Å²) in [6.07, 6.45) is 1.60. The van der Waals surface area contributed by atoms with Crippen molar-refractivity contribution in [3.05, 3.63) is 63.4 Å². The molecule has 0 bridgehead atoms. The standard InChI is InChI=1S/C21H23ClN2O2/c1-14(2)12-24-15(3)9-18(16(24)4)10-19(11-23)21(25)26-13-17-5-7-20(22)8-6-17/h5-10,14H,12-13H2,1-4H3/b19-10+. The van der Waals surface area contributed by atoms with Gasteiger partial charge >= 0.3 is 5.97 Å². The van der Waals surface area contributed by atoms with Crippen LogP contribution in [0.4, 0.5) is 0 Å². The van der Waals surface area contributed by atoms with Gasteiger partial charge in [0, 0.05) is 23.0 Å². The second kappa shape index (κ2) is 8.73. The van der Waals surface area contributed by atoms with E-state index in [0.717, 1.165) is 29.1 Å². The van der Waals surface area contributed by atoms with E-state index in [0.29, 0.717) is 10.9 Å². The number of nitrogens with zero attached hydrogens (tertiary/aromatic N) is 2. The van der Waals surface area contributed by atoms with Gasteiger partial charge < -0.3 is 9.30 Å². The van der Waals surface area contributed by atoms with Gasteiger partial charge in [0.25, 0.3) is 0 Å². The Morgan fingerprint density at radius 3 is 2.54 bits per heavy atom. The number of carbonyl (C=O) groups excluding carboxylic acids is 1. The van der Waals surface area contributed by atoms with Gasteiger partial charge in [0.05, 0.1) is 0 Å². The fraction of sp³-hybridized carbons (Fsp3) is 0.333. The fourth-order valence-electron chi connectivity index (χ4n) is 2.72. The Labute approximate surface area is 159 Å². The molecule has 0 aliphatic heterocycles. The Bertz CT molecular complexity index is 855. The van der Waals surface area contributed by atoms with E-state index in [9.17, 15) is 10.1 Å². The van der Waals surface area contributed by atoms with Crippen molar-refractivity contribution in [2.24, 2.45) is 5.92 Å². The number of hydrogen-bond donors (Lipinski definition) is 0. The van der Waals surface area contributed by atoms with Crippen molar-refractivity contribution in [1.82, 2.24) is 4.57 Å². The molecule has 2 rings (SSSR count). The van der Waals surface area contributed by atoms with E-state index < -0.39 is 5.97 Å². The van der Waals surface area contributed by atoms with Crippen LogP contribution in [0.1, 0.15) is 36.4 Å². The number of benzene rings is 1. The van der Waals surface area contributed by atoms with Gasteiger partial charge in [-0.15, -0.1) is 0 Å². The SMILES string of the molecule is Cc1cc(/C=C(\C#N)C(=O)OCc2ccc(Cl)cc2)c(C)n1CC(C)C. The highest BCUT2D eigenvalue weighted by Gasteiger charge is 2.14. The molecular formula is C21H23ClN2O2. The molecule has 0 N–H and O–H groups in total. The van der Waals surface area contributed by atoms with E-state index in [2.05, 4.69) is 18.4 Å². The van der Waals surface area contributed by atoms with Crippen molar-refractivity contribution in [2.45, 2.75) is 40.8 Å². The molecule has 0 fully saturated rings. The summed E-state index contributed by atoms with van der Waals surface area (Å²) < 4.78 is 7.45. The zero-order valence-corrected chi connectivity index (χ0v) is 16.3. The van der Waals surface area contributed by atoms with Crippen LogP contribution >= 0.6 is 11.6 Å². The molecule has 0 aliphatic rings. The molecule has 0 unspecified atom stereocenters. The van der Waals surface area contributed by atoms with Gasteiger partial charge in [-0.2, -0.15) is 5.26 Å². The number of nitriles is 1. The lowest BCUT2D eigenvalue weighted by molar-refractivity contribution is -0.139. The Morgan fingerprint density at radius 1 is 1.31 bits per heavy atom. The summed E-state index contributed by atoms with van der Waals surface area (Å²) in [4.78, 5) is 12.3. The van der Waals surface area contributed by atoms with Crippen LogP contribution in [-0.4, -0.2) is 10.5 Å². The van der Waals surface area contributed by atoms with Crippen LogP contribution in [0.5, 0.6) is 0 Å². The first-order chi connectivity index (χ1) is 12.3. The number of aromatic nitrogens is 1. The van der Waals surface area contributed by atoms with Crippen molar-refractivity contribution in [3.8, 4) is 6.07 Å². The van der Waals surface area contributed by atoms with Gasteiger partial charge in [-0.1, -0.05) is 37.6 Å². The number of esters is 1. The number of halogens is 1. The molecule has 26 heavy (non-hydrogen) atoms. The Morgan fingerprint density at radius 2 is 1.96 bits per heavy atom. The first-order valence-electron chi connectivity index (χ1n) is 8.52. The zero-order valence-electron chi connectivity index (χ0n) is 15.5. The maximum absolute atomic E-state index is 12.3. The highest BCUT2D eigenvalue weighted by Crippen LogP contribution is 2.20. The number of carbonyl (C=O) groups is 1. The van der Waals surface area contributed by atoms with Crippen LogP contribution in [-0.2, 0) is 22.7 Å². The zero-order chi connectivity index (χ0) is 19.3. The molecule has 5 heteroatoms. The third-order valence-electron chi connectivity index (χ3n) is 4.08. The van der Waals surface area contributed by atoms with Gasteiger partial charge in [0.15, 0.2) is 0 Å². The second-order valence-electron chi connectivity index (χ2n) is 6.70. The minimum Gasteiger partial charge on any atom is -0.457 e. The van der Waals surface area contributed by atoms with Crippen molar-refractivity contribution in [2.75, 3.05) is 0 Å². The summed E-state index contributed by atoms with van der Waals surface area (Å²) in [6, 6.07) is 11.0. The monoisotopic (exact) mass is 370 g/mol. The van der Waals surface area contributed by atoms with Crippen LogP contribution in [0.2, 0.25) is 5.02 Å². The molecule has 0 amide bonds. The normalized spacial score (nSPS) is 11.5. The summed E-state index contributed by atoms with van der Waals surface area (Å²) in [5.41, 5.74) is 3.81. The van der Waals surface area contributed by atoms with Gasteiger partial charge in [-0.25, -0.2) is 4.79 Å². The first-order valence-corrected chi connectivity index (χ1v) is 8.89. The van der Waals surface area contributed by atoms with Crippen molar-refractivity contribution in [3.63, 3.8) is 0 Å². The molecule has 2 aromatic rings. The average Bonchev–Trinajstić information content (AvgIpc) is 2.86. The van der Waals surface area contributed by atoms with E-state index >= 15 is 0 Å². The number of aryl methyl sites for hydroxylation is 1. The Hall–Kier alpha value is -2.51. The van der Waals surface area contributed by atoms with Crippen molar-refractivity contribution >= 4 is 23.6 Å². The maximum Gasteiger partial charge on any atom is 0.349 e. The summed E-state index contributed by atoms with van der Waals surface area (Å²) in [5, 5.41) is 9.98. The third-order valence-corrected chi connectivity index (χ3v) is 4.34. The van der Waals surface area contributed by atoms with Crippen LogP contribution in [0.25, 0.3) is 6.08 Å². The molecular weight excluding hydrogens is 348 g/mol. The molecule has 0 aliphatic carbocycles. The second-order valence-corrected chi connectivity index (χ2v) is 7.14. The third kappa shape index (κ3) is 5.00. The highest BCUT2D eigenvalue weighted by molar-refractivity contribution is 6.30. The van der Waals surface area contributed by atoms with Crippen molar-refractivity contribution in [1.29, 1.82) is 5.26 Å². The highest BCUT2D eigenvalue weighted by atomic mass is 35.5. The maximum atomic E-state index is 12.3. The lowest BCUT2D eigenvalue weighted by atomic mass is 10.1. The molecule has 0 saturated carbocycles. The van der Waals surface area contributed by atoms with E-state index in [1.165, 1.54) is 0 Å². The summed E-state index contributed by atoms with van der Waals surface area (Å²) in [7, 11) is 0. The average molecular weight is 371 g/mol. The molecule has 1 aromatic carbocycles. The van der Waals surface area contributed by atoms with Gasteiger partial charge in [0.2, 0.25) is 0 Å². The predicted octanol–water partition coefficient (Wildman–Crippen LogP) is 5.06. The lowest BCUT2D eigenvalue weighted by Gasteiger charge is -2.12. The minimum absolute atomic E-state index is 0.0104. The summed E-state index contributed by atoms with van der Waals surface area (Å²) in [6.45, 7) is 9.33. The molecule has 0 atom stereocenters. The largest absolute Gasteiger partial charge is 0.457 e. The van der Waals surface area contributed by atoms with Crippen LogP contribution < -0.4 is 0 Å². The van der Waals surface area contributed by atoms with Gasteiger partial charge in [-0.3, -0.25) is 0 Å². The molecule has 136 valence electrons. The van der Waals surface area contributed by atoms with Crippen molar-refractivity contribution < 1.29 is 9.53 Å². The Balaban J connectivity index is 2.15. The van der Waals surface area contributed by atoms with Crippen LogP contribution in [0, 0.1) is 31.1 Å². The van der Waals surface area contributed by atoms with Crippen LogP contribution in [0.15, 0.2) is 35.9 Å². The molecule has 1 aromatic heterocycles. The van der Waals surface area contributed by atoms with Crippen LogP contribution in [0.3, 0.4) is 0 Å². The molecule has 4 nitrogen and oxygen atoms in total. The quantitative estimate of drug-likeness (QED) is 0.405. The number of ether oxygens (including phenoxy) is 1. The van der Waals surface area contributed by atoms with Gasteiger partial charge in [0.1, 0.15) is 18.2 Å². The van der Waals surface area contributed by atoms with Gasteiger partial charge in [-0.05, 0) is 55.2 Å². The molecule has 0 radical (unpaired) electrons. The fourth-order valence-corrected chi connectivity index (χ4v) is 2.85. The molecule has 0 saturated heterocycles. The first kappa shape index (κ1) is 19.8. The van der Waals surface area contributed by atoms with E-state index in [1.54, 1.807) is 30.3 Å². The summed E-state index contributed by atoms with van der Waals surface area (Å²) in [5.74, 6) is -0.118. The van der Waals surface area contributed by atoms with E-state index in [4.69, 9.17) is 16.3 Å². The molecule has 0 spiro atoms.